The van der Waals surface area contributed by atoms with E-state index in [2.05, 4.69) is 20.6 Å². The van der Waals surface area contributed by atoms with E-state index in [9.17, 15) is 10.1 Å². The van der Waals surface area contributed by atoms with Crippen molar-refractivity contribution in [3.8, 4) is 0 Å². The van der Waals surface area contributed by atoms with Gasteiger partial charge in [0.05, 0.1) is 22.0 Å². The Morgan fingerprint density at radius 1 is 0.800 bits per heavy atom. The molecule has 0 amide bonds. The normalized spacial score (nSPS) is 11.2. The van der Waals surface area contributed by atoms with Gasteiger partial charge in [-0.3, -0.25) is 10.1 Å². The van der Waals surface area contributed by atoms with Crippen LogP contribution in [-0.2, 0) is 0 Å². The van der Waals surface area contributed by atoms with Crippen molar-refractivity contribution in [2.45, 2.75) is 0 Å². The largest absolute Gasteiger partial charge is 0.305 e. The van der Waals surface area contributed by atoms with Crippen molar-refractivity contribution in [1.29, 1.82) is 0 Å². The second-order valence-corrected chi connectivity index (χ2v) is 3.71. The highest BCUT2D eigenvalue weighted by atomic mass is 16.6. The lowest BCUT2D eigenvalue weighted by Crippen LogP contribution is -1.85. The van der Waals surface area contributed by atoms with Gasteiger partial charge in [-0.25, -0.2) is 0 Å². The van der Waals surface area contributed by atoms with Gasteiger partial charge in [-0.05, 0) is 36.4 Å². The maximum Gasteiger partial charge on any atom is 0.269 e. The van der Waals surface area contributed by atoms with E-state index in [0.29, 0.717) is 17.1 Å². The van der Waals surface area contributed by atoms with E-state index in [1.54, 1.807) is 24.3 Å². The molecule has 0 bridgehead atoms. The number of hydrogen-bond donors (Lipinski definition) is 1. The van der Waals surface area contributed by atoms with Gasteiger partial charge in [0.15, 0.2) is 0 Å². The molecule has 8 heteroatoms. The van der Waals surface area contributed by atoms with E-state index < -0.39 is 4.92 Å². The fraction of sp³-hybridized carbons (Fsp3) is 0. The van der Waals surface area contributed by atoms with E-state index in [4.69, 9.17) is 5.84 Å². The van der Waals surface area contributed by atoms with Crippen LogP contribution in [-0.4, -0.2) is 4.92 Å². The van der Waals surface area contributed by atoms with Crippen molar-refractivity contribution < 1.29 is 4.92 Å². The lowest BCUT2D eigenvalue weighted by molar-refractivity contribution is -0.384. The number of nitrogens with zero attached hydrogens (tertiary/aromatic N) is 5. The molecular formula is C12H10N6O2. The lowest BCUT2D eigenvalue weighted by Gasteiger charge is -1.94. The quantitative estimate of drug-likeness (QED) is 0.391. The van der Waals surface area contributed by atoms with Crippen molar-refractivity contribution in [3.05, 3.63) is 58.6 Å². The molecule has 2 aromatic rings. The second kappa shape index (κ2) is 6.14. The molecule has 20 heavy (non-hydrogen) atoms. The van der Waals surface area contributed by atoms with E-state index >= 15 is 0 Å². The number of nitro benzene ring substituents is 1. The molecule has 0 aliphatic rings. The highest BCUT2D eigenvalue weighted by Gasteiger charge is 2.02. The van der Waals surface area contributed by atoms with Crippen LogP contribution in [0.5, 0.6) is 0 Å². The molecule has 2 aromatic carbocycles. The van der Waals surface area contributed by atoms with Crippen LogP contribution >= 0.6 is 0 Å². The molecule has 0 radical (unpaired) electrons. The third-order valence-electron chi connectivity index (χ3n) is 2.36. The van der Waals surface area contributed by atoms with Crippen LogP contribution in [0.3, 0.4) is 0 Å². The van der Waals surface area contributed by atoms with Crippen LogP contribution in [0.25, 0.3) is 0 Å². The predicted molar refractivity (Wildman–Crippen MR) is 72.4 cm³/mol. The molecule has 8 nitrogen and oxygen atoms in total. The van der Waals surface area contributed by atoms with Crippen LogP contribution in [0.2, 0.25) is 0 Å². The Labute approximate surface area is 113 Å². The molecule has 0 saturated carbocycles. The maximum atomic E-state index is 10.5. The maximum absolute atomic E-state index is 10.5. The van der Waals surface area contributed by atoms with Gasteiger partial charge in [0.1, 0.15) is 0 Å². The summed E-state index contributed by atoms with van der Waals surface area (Å²) in [6, 6.07) is 12.6. The molecule has 0 spiro atoms. The molecule has 0 saturated heterocycles. The molecule has 0 aliphatic heterocycles. The molecule has 0 atom stereocenters. The summed E-state index contributed by atoms with van der Waals surface area (Å²) < 4.78 is 0. The van der Waals surface area contributed by atoms with Crippen LogP contribution in [0, 0.1) is 10.1 Å². The van der Waals surface area contributed by atoms with Crippen LogP contribution in [0.15, 0.2) is 69.1 Å². The van der Waals surface area contributed by atoms with Crippen LogP contribution in [0.4, 0.5) is 22.7 Å². The van der Waals surface area contributed by atoms with Gasteiger partial charge in [0.25, 0.3) is 5.69 Å². The van der Waals surface area contributed by atoms with Gasteiger partial charge >= 0.3 is 0 Å². The first-order valence-corrected chi connectivity index (χ1v) is 5.56. The zero-order chi connectivity index (χ0) is 14.4. The highest BCUT2D eigenvalue weighted by molar-refractivity contribution is 5.48. The number of nitrogens with two attached hydrogens (primary N) is 1. The molecule has 2 N–H and O–H groups in total. The van der Waals surface area contributed by atoms with Crippen molar-refractivity contribution in [3.63, 3.8) is 0 Å². The average molecular weight is 270 g/mol. The summed E-state index contributed by atoms with van der Waals surface area (Å²) in [6.07, 6.45) is 0. The molecular weight excluding hydrogens is 260 g/mol. The molecule has 2 rings (SSSR count). The number of nitro groups is 1. The Morgan fingerprint density at radius 2 is 1.20 bits per heavy atom. The van der Waals surface area contributed by atoms with E-state index in [-0.39, 0.29) is 5.69 Å². The Morgan fingerprint density at radius 3 is 1.60 bits per heavy atom. The third kappa shape index (κ3) is 3.42. The summed E-state index contributed by atoms with van der Waals surface area (Å²) in [6.45, 7) is 0. The Bertz CT molecular complexity index is 649. The molecule has 0 fully saturated rings. The average Bonchev–Trinajstić information content (AvgIpc) is 2.47. The number of hydrogen-bond acceptors (Lipinski definition) is 6. The summed E-state index contributed by atoms with van der Waals surface area (Å²) in [7, 11) is 0. The number of non-ortho nitro benzene ring substituents is 1. The van der Waals surface area contributed by atoms with Gasteiger partial charge in [-0.2, -0.15) is 10.2 Å². The Hall–Kier alpha value is -3.16. The first kappa shape index (κ1) is 13.3. The zero-order valence-electron chi connectivity index (χ0n) is 10.2. The van der Waals surface area contributed by atoms with Gasteiger partial charge in [-0.15, -0.1) is 5.11 Å². The summed E-state index contributed by atoms with van der Waals surface area (Å²) in [4.78, 5) is 10.0. The first-order chi connectivity index (χ1) is 9.69. The predicted octanol–water partition coefficient (Wildman–Crippen LogP) is 3.97. The summed E-state index contributed by atoms with van der Waals surface area (Å²) in [5, 5.41) is 25.3. The van der Waals surface area contributed by atoms with Crippen LogP contribution < -0.4 is 5.84 Å². The first-order valence-electron chi connectivity index (χ1n) is 5.56. The molecule has 0 heterocycles. The minimum atomic E-state index is -0.467. The van der Waals surface area contributed by atoms with E-state index in [1.165, 1.54) is 24.3 Å². The van der Waals surface area contributed by atoms with Crippen molar-refractivity contribution in [2.24, 2.45) is 26.4 Å². The van der Waals surface area contributed by atoms with Gasteiger partial charge < -0.3 is 5.84 Å². The smallest absolute Gasteiger partial charge is 0.269 e. The summed E-state index contributed by atoms with van der Waals surface area (Å²) in [5.74, 6) is 4.94. The molecule has 0 aliphatic carbocycles. The van der Waals surface area contributed by atoms with Gasteiger partial charge in [0, 0.05) is 12.1 Å². The molecule has 100 valence electrons. The lowest BCUT2D eigenvalue weighted by atomic mass is 10.3. The van der Waals surface area contributed by atoms with Crippen molar-refractivity contribution >= 4 is 22.7 Å². The summed E-state index contributed by atoms with van der Waals surface area (Å²) in [5.41, 5.74) is 1.78. The Kier molecular flexibility index (Phi) is 4.07. The highest BCUT2D eigenvalue weighted by Crippen LogP contribution is 2.23. The standard InChI is InChI=1S/C12H10N6O2/c13-17-16-11-3-1-9(2-4-11)14-15-10-5-7-12(8-6-10)18(19)20/h1-8H,(H2,13,16). The van der Waals surface area contributed by atoms with Gasteiger partial charge in [-0.1, -0.05) is 5.22 Å². The number of azo groups is 1. The molecule has 0 aromatic heterocycles. The zero-order valence-corrected chi connectivity index (χ0v) is 10.2. The fourth-order valence-corrected chi connectivity index (χ4v) is 1.41. The van der Waals surface area contributed by atoms with E-state index in [1.807, 2.05) is 0 Å². The van der Waals surface area contributed by atoms with Gasteiger partial charge in [0.2, 0.25) is 0 Å². The number of benzene rings is 2. The second-order valence-electron chi connectivity index (χ2n) is 3.71. The monoisotopic (exact) mass is 270 g/mol. The SMILES string of the molecule is NN=Nc1ccc(N=Nc2ccc([N+](=O)[O-])cc2)cc1. The van der Waals surface area contributed by atoms with Crippen molar-refractivity contribution in [2.75, 3.05) is 0 Å². The topological polar surface area (TPSA) is 119 Å². The Balaban J connectivity index is 2.10. The minimum Gasteiger partial charge on any atom is -0.305 e. The number of rotatable bonds is 4. The van der Waals surface area contributed by atoms with E-state index in [0.717, 1.165) is 0 Å². The minimum absolute atomic E-state index is 0.0143. The molecule has 0 unspecified atom stereocenters. The van der Waals surface area contributed by atoms with Crippen molar-refractivity contribution in [1.82, 2.24) is 0 Å². The fourth-order valence-electron chi connectivity index (χ4n) is 1.41. The van der Waals surface area contributed by atoms with Crippen LogP contribution in [0.1, 0.15) is 0 Å². The summed E-state index contributed by atoms with van der Waals surface area (Å²) >= 11 is 0. The third-order valence-corrected chi connectivity index (χ3v) is 2.36.